The number of rotatable bonds is 3. The second-order valence-corrected chi connectivity index (χ2v) is 9.51. The van der Waals surface area contributed by atoms with Crippen LogP contribution in [0.25, 0.3) is 16.9 Å². The molecule has 1 saturated heterocycles. The Morgan fingerprint density at radius 3 is 2.44 bits per heavy atom. The van der Waals surface area contributed by atoms with E-state index in [1.54, 1.807) is 17.1 Å². The average molecular weight is 436 g/mol. The van der Waals surface area contributed by atoms with E-state index in [2.05, 4.69) is 20.4 Å². The number of ether oxygens (including phenoxy) is 2. The number of carbonyl (C=O) groups is 1. The van der Waals surface area contributed by atoms with Gasteiger partial charge in [-0.05, 0) is 52.5 Å². The quantitative estimate of drug-likeness (QED) is 0.676. The number of amides is 1. The average Bonchev–Trinajstić information content (AvgIpc) is 3.14. The first-order valence-electron chi connectivity index (χ1n) is 11.2. The summed E-state index contributed by atoms with van der Waals surface area (Å²) in [6.07, 6.45) is 6.93. The van der Waals surface area contributed by atoms with Gasteiger partial charge in [0.15, 0.2) is 5.79 Å². The van der Waals surface area contributed by atoms with Crippen molar-refractivity contribution < 1.29 is 14.3 Å². The number of hydrogen-bond acceptors (Lipinski definition) is 6. The van der Waals surface area contributed by atoms with Crippen LogP contribution in [0.3, 0.4) is 0 Å². The number of fused-ring (bicyclic) bond motifs is 1. The SMILES string of the molecule is Cc1nn(-c2ncc(C(=O)NC3CCC4(CC3)COC(C)(C)OC4)cn2)c2ccccc12. The van der Waals surface area contributed by atoms with Crippen molar-refractivity contribution in [2.24, 2.45) is 5.41 Å². The monoisotopic (exact) mass is 435 g/mol. The summed E-state index contributed by atoms with van der Waals surface area (Å²) < 4.78 is 13.5. The molecule has 1 aliphatic heterocycles. The van der Waals surface area contributed by atoms with Gasteiger partial charge in [-0.1, -0.05) is 18.2 Å². The molecule has 2 fully saturated rings. The lowest BCUT2D eigenvalue weighted by atomic mass is 9.73. The standard InChI is InChI=1S/C24H29N5O3/c1-16-19-6-4-5-7-20(19)29(28-16)22-25-12-17(13-26-22)21(30)27-18-8-10-24(11-9-18)14-31-23(2,3)32-15-24/h4-7,12-13,18H,8-11,14-15H2,1-3H3,(H,27,30). The Labute approximate surface area is 187 Å². The van der Waals surface area contributed by atoms with Gasteiger partial charge in [0, 0.05) is 29.2 Å². The summed E-state index contributed by atoms with van der Waals surface area (Å²) in [5.74, 6) is -0.189. The smallest absolute Gasteiger partial charge is 0.254 e. The van der Waals surface area contributed by atoms with Gasteiger partial charge in [-0.2, -0.15) is 9.78 Å². The molecule has 0 bridgehead atoms. The van der Waals surface area contributed by atoms with E-state index in [1.807, 2.05) is 45.0 Å². The predicted molar refractivity (Wildman–Crippen MR) is 120 cm³/mol. The lowest BCUT2D eigenvalue weighted by molar-refractivity contribution is -0.290. The molecule has 1 aromatic carbocycles. The van der Waals surface area contributed by atoms with Crippen molar-refractivity contribution in [2.75, 3.05) is 13.2 Å². The lowest BCUT2D eigenvalue weighted by Crippen LogP contribution is -2.50. The highest BCUT2D eigenvalue weighted by Gasteiger charge is 2.42. The Balaban J connectivity index is 1.22. The van der Waals surface area contributed by atoms with Crippen molar-refractivity contribution >= 4 is 16.8 Å². The first-order valence-corrected chi connectivity index (χ1v) is 11.2. The molecule has 3 aromatic rings. The molecule has 168 valence electrons. The molecule has 32 heavy (non-hydrogen) atoms. The molecule has 0 radical (unpaired) electrons. The highest BCUT2D eigenvalue weighted by Crippen LogP contribution is 2.41. The number of nitrogens with one attached hydrogen (secondary N) is 1. The van der Waals surface area contributed by atoms with Crippen LogP contribution in [0.1, 0.15) is 55.6 Å². The van der Waals surface area contributed by atoms with E-state index in [-0.39, 0.29) is 17.4 Å². The number of benzene rings is 1. The van der Waals surface area contributed by atoms with Crippen LogP contribution in [0.15, 0.2) is 36.7 Å². The van der Waals surface area contributed by atoms with E-state index < -0.39 is 5.79 Å². The molecule has 8 nitrogen and oxygen atoms in total. The Morgan fingerprint density at radius 1 is 1.09 bits per heavy atom. The minimum Gasteiger partial charge on any atom is -0.350 e. The van der Waals surface area contributed by atoms with Crippen molar-refractivity contribution in [1.82, 2.24) is 25.1 Å². The largest absolute Gasteiger partial charge is 0.350 e. The van der Waals surface area contributed by atoms with Crippen LogP contribution < -0.4 is 5.32 Å². The Morgan fingerprint density at radius 2 is 1.75 bits per heavy atom. The van der Waals surface area contributed by atoms with Crippen molar-refractivity contribution in [3.05, 3.63) is 47.9 Å². The van der Waals surface area contributed by atoms with Crippen LogP contribution in [-0.4, -0.2) is 50.7 Å². The summed E-state index contributed by atoms with van der Waals surface area (Å²) in [5.41, 5.74) is 2.38. The minimum absolute atomic E-state index is 0.0756. The zero-order valence-corrected chi connectivity index (χ0v) is 18.8. The maximum Gasteiger partial charge on any atom is 0.254 e. The molecule has 1 spiro atoms. The van der Waals surface area contributed by atoms with E-state index in [0.29, 0.717) is 11.5 Å². The van der Waals surface area contributed by atoms with Crippen LogP contribution >= 0.6 is 0 Å². The van der Waals surface area contributed by atoms with Gasteiger partial charge in [0.25, 0.3) is 11.9 Å². The number of para-hydroxylation sites is 1. The van der Waals surface area contributed by atoms with Crippen molar-refractivity contribution in [1.29, 1.82) is 0 Å². The molecule has 1 amide bonds. The summed E-state index contributed by atoms with van der Waals surface area (Å²) in [7, 11) is 0. The van der Waals surface area contributed by atoms with Crippen LogP contribution in [0.4, 0.5) is 0 Å². The molecular formula is C24H29N5O3. The lowest BCUT2D eigenvalue weighted by Gasteiger charge is -2.46. The van der Waals surface area contributed by atoms with Gasteiger partial charge >= 0.3 is 0 Å². The number of aryl methyl sites for hydroxylation is 1. The topological polar surface area (TPSA) is 91.2 Å². The minimum atomic E-state index is -0.496. The van der Waals surface area contributed by atoms with Gasteiger partial charge < -0.3 is 14.8 Å². The highest BCUT2D eigenvalue weighted by atomic mass is 16.7. The summed E-state index contributed by atoms with van der Waals surface area (Å²) >= 11 is 0. The molecule has 2 aliphatic rings. The molecule has 8 heteroatoms. The van der Waals surface area contributed by atoms with E-state index in [1.165, 1.54) is 0 Å². The molecule has 0 unspecified atom stereocenters. The maximum absolute atomic E-state index is 12.8. The Bertz CT molecular complexity index is 1120. The van der Waals surface area contributed by atoms with Crippen LogP contribution in [0, 0.1) is 12.3 Å². The van der Waals surface area contributed by atoms with E-state index >= 15 is 0 Å². The molecular weight excluding hydrogens is 406 g/mol. The highest BCUT2D eigenvalue weighted by molar-refractivity contribution is 5.93. The van der Waals surface area contributed by atoms with Gasteiger partial charge in [0.2, 0.25) is 0 Å². The van der Waals surface area contributed by atoms with E-state index in [9.17, 15) is 4.79 Å². The number of hydrogen-bond donors (Lipinski definition) is 1. The van der Waals surface area contributed by atoms with Gasteiger partial charge in [-0.3, -0.25) is 4.79 Å². The molecule has 1 N–H and O–H groups in total. The van der Waals surface area contributed by atoms with E-state index in [4.69, 9.17) is 9.47 Å². The van der Waals surface area contributed by atoms with Gasteiger partial charge in [-0.25, -0.2) is 9.97 Å². The number of aromatic nitrogens is 4. The second-order valence-electron chi connectivity index (χ2n) is 9.51. The molecule has 1 aliphatic carbocycles. The third-order valence-corrected chi connectivity index (χ3v) is 6.70. The summed E-state index contributed by atoms with van der Waals surface area (Å²) in [6, 6.07) is 8.09. The normalized spacial score (nSPS) is 20.5. The molecule has 0 atom stereocenters. The zero-order chi connectivity index (χ0) is 22.3. The Kier molecular flexibility index (Phi) is 5.22. The first kappa shape index (κ1) is 21.0. The van der Waals surface area contributed by atoms with Gasteiger partial charge in [0.1, 0.15) is 0 Å². The van der Waals surface area contributed by atoms with Crippen LogP contribution in [0.5, 0.6) is 0 Å². The third-order valence-electron chi connectivity index (χ3n) is 6.70. The number of carbonyl (C=O) groups excluding carboxylic acids is 1. The Hall–Kier alpha value is -2.84. The third kappa shape index (κ3) is 4.00. The fourth-order valence-corrected chi connectivity index (χ4v) is 4.59. The second kappa shape index (κ2) is 7.94. The fourth-order valence-electron chi connectivity index (χ4n) is 4.59. The summed E-state index contributed by atoms with van der Waals surface area (Å²) in [5, 5.41) is 8.75. The molecule has 3 heterocycles. The van der Waals surface area contributed by atoms with Gasteiger partial charge in [-0.15, -0.1) is 0 Å². The molecule has 2 aromatic heterocycles. The summed E-state index contributed by atoms with van der Waals surface area (Å²) in [4.78, 5) is 21.6. The van der Waals surface area contributed by atoms with Crippen molar-refractivity contribution in [2.45, 2.75) is 58.3 Å². The fraction of sp³-hybridized carbons (Fsp3) is 0.500. The maximum atomic E-state index is 12.8. The van der Waals surface area contributed by atoms with Crippen LogP contribution in [0.2, 0.25) is 0 Å². The molecule has 5 rings (SSSR count). The molecule has 1 saturated carbocycles. The summed E-state index contributed by atoms with van der Waals surface area (Å²) in [6.45, 7) is 7.31. The zero-order valence-electron chi connectivity index (χ0n) is 18.8. The van der Waals surface area contributed by atoms with Crippen molar-refractivity contribution in [3.63, 3.8) is 0 Å². The van der Waals surface area contributed by atoms with Crippen molar-refractivity contribution in [3.8, 4) is 5.95 Å². The van der Waals surface area contributed by atoms with Gasteiger partial charge in [0.05, 0.1) is 30.0 Å². The van der Waals surface area contributed by atoms with Crippen LogP contribution in [-0.2, 0) is 9.47 Å². The van der Waals surface area contributed by atoms with E-state index in [0.717, 1.165) is 55.5 Å². The predicted octanol–water partition coefficient (Wildman–Crippen LogP) is 3.57. The first-order chi connectivity index (χ1) is 15.3. The number of nitrogens with zero attached hydrogens (tertiary/aromatic N) is 4.